The van der Waals surface area contributed by atoms with Gasteiger partial charge in [0.05, 0.1) is 0 Å². The van der Waals surface area contributed by atoms with Gasteiger partial charge < -0.3 is 0 Å². The number of hydrogen-bond acceptors (Lipinski definition) is 3. The molecule has 1 rings (SSSR count). The third kappa shape index (κ3) is 1.85. The van der Waals surface area contributed by atoms with Gasteiger partial charge in [-0.05, 0) is 6.42 Å². The lowest BCUT2D eigenvalue weighted by atomic mass is 10.3. The van der Waals surface area contributed by atoms with Gasteiger partial charge in [-0.25, -0.2) is 4.79 Å². The van der Waals surface area contributed by atoms with Crippen molar-refractivity contribution in [1.82, 2.24) is 9.80 Å². The van der Waals surface area contributed by atoms with Crippen molar-refractivity contribution < 1.29 is 14.4 Å². The molecular formula is C8H12N2O3. The van der Waals surface area contributed by atoms with Gasteiger partial charge in [-0.1, -0.05) is 0 Å². The van der Waals surface area contributed by atoms with Crippen molar-refractivity contribution >= 4 is 17.8 Å². The Morgan fingerprint density at radius 3 is 1.77 bits per heavy atom. The van der Waals surface area contributed by atoms with E-state index in [0.29, 0.717) is 19.5 Å². The number of amides is 4. The molecule has 72 valence electrons. The van der Waals surface area contributed by atoms with Crippen LogP contribution in [-0.2, 0) is 9.59 Å². The van der Waals surface area contributed by atoms with Crippen molar-refractivity contribution in [2.75, 3.05) is 13.1 Å². The molecule has 0 radical (unpaired) electrons. The molecule has 1 aliphatic rings. The fourth-order valence-electron chi connectivity index (χ4n) is 1.31. The molecule has 0 aliphatic carbocycles. The zero-order valence-electron chi connectivity index (χ0n) is 7.74. The molecule has 0 saturated carbocycles. The second-order valence-corrected chi connectivity index (χ2v) is 2.98. The molecule has 0 unspecified atom stereocenters. The first-order valence-electron chi connectivity index (χ1n) is 4.14. The van der Waals surface area contributed by atoms with Crippen molar-refractivity contribution in [2.45, 2.75) is 20.3 Å². The minimum absolute atomic E-state index is 0.309. The first-order chi connectivity index (χ1) is 6.04. The van der Waals surface area contributed by atoms with Crippen molar-refractivity contribution in [1.29, 1.82) is 0 Å². The molecule has 1 saturated heterocycles. The van der Waals surface area contributed by atoms with Gasteiger partial charge in [0.25, 0.3) is 0 Å². The molecule has 1 fully saturated rings. The van der Waals surface area contributed by atoms with E-state index in [1.165, 1.54) is 13.8 Å². The molecule has 0 N–H and O–H groups in total. The van der Waals surface area contributed by atoms with Crippen LogP contribution in [0.25, 0.3) is 0 Å². The highest BCUT2D eigenvalue weighted by molar-refractivity contribution is 6.01. The summed E-state index contributed by atoms with van der Waals surface area (Å²) in [4.78, 5) is 35.5. The predicted octanol–water partition coefficient (Wildman–Crippen LogP) is 0.207. The van der Waals surface area contributed by atoms with Gasteiger partial charge in [-0.2, -0.15) is 0 Å². The zero-order chi connectivity index (χ0) is 10.0. The smallest absolute Gasteiger partial charge is 0.275 e. The lowest BCUT2D eigenvalue weighted by Gasteiger charge is -2.31. The third-order valence-corrected chi connectivity index (χ3v) is 1.99. The van der Waals surface area contributed by atoms with Crippen LogP contribution < -0.4 is 0 Å². The van der Waals surface area contributed by atoms with Crippen LogP contribution in [0.15, 0.2) is 0 Å². The Morgan fingerprint density at radius 2 is 1.46 bits per heavy atom. The molecule has 5 heteroatoms. The van der Waals surface area contributed by atoms with Crippen LogP contribution in [0.1, 0.15) is 20.3 Å². The van der Waals surface area contributed by atoms with Gasteiger partial charge in [-0.15, -0.1) is 0 Å². The van der Waals surface area contributed by atoms with E-state index >= 15 is 0 Å². The van der Waals surface area contributed by atoms with Gasteiger partial charge in [0.15, 0.2) is 0 Å². The Morgan fingerprint density at radius 1 is 1.08 bits per heavy atom. The van der Waals surface area contributed by atoms with E-state index in [1.54, 1.807) is 0 Å². The SMILES string of the molecule is CC(=O)N1CCCN(C(C)=O)C1=O. The van der Waals surface area contributed by atoms with Gasteiger partial charge in [0, 0.05) is 26.9 Å². The van der Waals surface area contributed by atoms with Gasteiger partial charge in [-0.3, -0.25) is 19.4 Å². The Bertz CT molecular complexity index is 238. The van der Waals surface area contributed by atoms with E-state index in [4.69, 9.17) is 0 Å². The number of urea groups is 1. The summed E-state index contributed by atoms with van der Waals surface area (Å²) in [5.74, 6) is -0.619. The quantitative estimate of drug-likeness (QED) is 0.540. The molecule has 0 spiro atoms. The summed E-state index contributed by atoms with van der Waals surface area (Å²) in [6.07, 6.45) is 0.658. The molecule has 4 amide bonds. The normalized spacial score (nSPS) is 17.5. The minimum atomic E-state index is -0.494. The number of carbonyl (C=O) groups is 3. The monoisotopic (exact) mass is 184 g/mol. The number of carbonyl (C=O) groups excluding carboxylic acids is 3. The van der Waals surface area contributed by atoms with Crippen LogP contribution in [-0.4, -0.2) is 40.7 Å². The number of nitrogens with zero attached hydrogens (tertiary/aromatic N) is 2. The van der Waals surface area contributed by atoms with Gasteiger partial charge in [0.1, 0.15) is 0 Å². The Kier molecular flexibility index (Phi) is 2.65. The van der Waals surface area contributed by atoms with Crippen molar-refractivity contribution in [3.8, 4) is 0 Å². The van der Waals surface area contributed by atoms with E-state index in [2.05, 4.69) is 0 Å². The molecule has 0 atom stereocenters. The standard InChI is InChI=1S/C8H12N2O3/c1-6(11)9-4-3-5-10(7(2)12)8(9)13/h3-5H2,1-2H3. The first kappa shape index (κ1) is 9.70. The second-order valence-electron chi connectivity index (χ2n) is 2.98. The highest BCUT2D eigenvalue weighted by Crippen LogP contribution is 2.09. The van der Waals surface area contributed by atoms with Crippen molar-refractivity contribution in [2.24, 2.45) is 0 Å². The maximum atomic E-state index is 11.4. The average Bonchev–Trinajstić information content (AvgIpc) is 2.03. The topological polar surface area (TPSA) is 57.7 Å². The maximum absolute atomic E-state index is 11.4. The largest absolute Gasteiger partial charge is 0.333 e. The van der Waals surface area contributed by atoms with Crippen molar-refractivity contribution in [3.05, 3.63) is 0 Å². The van der Waals surface area contributed by atoms with Gasteiger partial charge in [0.2, 0.25) is 11.8 Å². The highest BCUT2D eigenvalue weighted by atomic mass is 16.2. The summed E-state index contributed by atoms with van der Waals surface area (Å²) >= 11 is 0. The molecule has 1 aliphatic heterocycles. The zero-order valence-corrected chi connectivity index (χ0v) is 7.74. The molecule has 0 aromatic rings. The van der Waals surface area contributed by atoms with Crippen LogP contribution in [0.5, 0.6) is 0 Å². The molecule has 13 heavy (non-hydrogen) atoms. The molecule has 1 heterocycles. The lowest BCUT2D eigenvalue weighted by molar-refractivity contribution is -0.131. The van der Waals surface area contributed by atoms with E-state index in [9.17, 15) is 14.4 Å². The summed E-state index contributed by atoms with van der Waals surface area (Å²) in [5, 5.41) is 0. The summed E-state index contributed by atoms with van der Waals surface area (Å²) in [7, 11) is 0. The van der Waals surface area contributed by atoms with Crippen LogP contribution in [0.3, 0.4) is 0 Å². The van der Waals surface area contributed by atoms with Crippen LogP contribution in [0.4, 0.5) is 4.79 Å². The fourth-order valence-corrected chi connectivity index (χ4v) is 1.31. The number of imide groups is 2. The average molecular weight is 184 g/mol. The first-order valence-corrected chi connectivity index (χ1v) is 4.14. The van der Waals surface area contributed by atoms with E-state index in [1.807, 2.05) is 0 Å². The van der Waals surface area contributed by atoms with Crippen LogP contribution in [0, 0.1) is 0 Å². The molecular weight excluding hydrogens is 172 g/mol. The Labute approximate surface area is 76.3 Å². The predicted molar refractivity (Wildman–Crippen MR) is 44.8 cm³/mol. The van der Waals surface area contributed by atoms with E-state index in [0.717, 1.165) is 9.80 Å². The molecule has 5 nitrogen and oxygen atoms in total. The third-order valence-electron chi connectivity index (χ3n) is 1.99. The summed E-state index contributed by atoms with van der Waals surface area (Å²) in [5.41, 5.74) is 0. The number of rotatable bonds is 0. The maximum Gasteiger partial charge on any atom is 0.333 e. The minimum Gasteiger partial charge on any atom is -0.275 e. The summed E-state index contributed by atoms with van der Waals surface area (Å²) in [6, 6.07) is -0.494. The Balaban J connectivity index is 2.77. The summed E-state index contributed by atoms with van der Waals surface area (Å²) < 4.78 is 0. The van der Waals surface area contributed by atoms with Gasteiger partial charge >= 0.3 is 6.03 Å². The van der Waals surface area contributed by atoms with Crippen molar-refractivity contribution in [3.63, 3.8) is 0 Å². The summed E-state index contributed by atoms with van der Waals surface area (Å²) in [6.45, 7) is 3.47. The fraction of sp³-hybridized carbons (Fsp3) is 0.625. The second kappa shape index (κ2) is 3.55. The molecule has 0 aromatic carbocycles. The highest BCUT2D eigenvalue weighted by Gasteiger charge is 2.30. The van der Waals surface area contributed by atoms with Crippen LogP contribution >= 0.6 is 0 Å². The Hall–Kier alpha value is -1.39. The van der Waals surface area contributed by atoms with Crippen LogP contribution in [0.2, 0.25) is 0 Å². The molecule has 0 bridgehead atoms. The molecule has 0 aromatic heterocycles. The van der Waals surface area contributed by atoms with E-state index < -0.39 is 6.03 Å². The number of hydrogen-bond donors (Lipinski definition) is 0. The lowest BCUT2D eigenvalue weighted by Crippen LogP contribution is -2.52. The van der Waals surface area contributed by atoms with E-state index in [-0.39, 0.29) is 11.8 Å².